The zero-order chi connectivity index (χ0) is 21.1. The second kappa shape index (κ2) is 9.04. The number of anilines is 1. The normalized spacial score (nSPS) is 21.0. The summed E-state index contributed by atoms with van der Waals surface area (Å²) in [5.41, 5.74) is 0.903. The van der Waals surface area contributed by atoms with Crippen LogP contribution in [-0.2, 0) is 11.2 Å². The van der Waals surface area contributed by atoms with Gasteiger partial charge in [0.1, 0.15) is 5.01 Å². The Morgan fingerprint density at radius 1 is 1.13 bits per heavy atom. The van der Waals surface area contributed by atoms with Crippen LogP contribution in [0.25, 0.3) is 0 Å². The number of unbranched alkanes of at least 4 members (excludes halogenated alkanes) is 1. The quantitative estimate of drug-likeness (QED) is 0.678. The van der Waals surface area contributed by atoms with E-state index in [4.69, 9.17) is 0 Å². The van der Waals surface area contributed by atoms with Gasteiger partial charge in [-0.15, -0.1) is 10.2 Å². The van der Waals surface area contributed by atoms with E-state index < -0.39 is 0 Å². The van der Waals surface area contributed by atoms with Gasteiger partial charge >= 0.3 is 0 Å². The summed E-state index contributed by atoms with van der Waals surface area (Å²) in [5, 5.41) is 12.6. The van der Waals surface area contributed by atoms with Gasteiger partial charge in [-0.3, -0.25) is 19.3 Å². The Morgan fingerprint density at radius 2 is 1.83 bits per heavy atom. The van der Waals surface area contributed by atoms with Crippen LogP contribution in [0, 0.1) is 11.8 Å². The van der Waals surface area contributed by atoms with Crippen molar-refractivity contribution in [1.82, 2.24) is 15.1 Å². The molecule has 158 valence electrons. The number of benzene rings is 1. The minimum absolute atomic E-state index is 0.0477. The van der Waals surface area contributed by atoms with Crippen LogP contribution in [0.15, 0.2) is 24.3 Å². The van der Waals surface area contributed by atoms with Crippen LogP contribution in [0.3, 0.4) is 0 Å². The molecule has 0 spiro atoms. The predicted octanol–water partition coefficient (Wildman–Crippen LogP) is 3.92. The van der Waals surface area contributed by atoms with Gasteiger partial charge in [-0.05, 0) is 37.3 Å². The summed E-state index contributed by atoms with van der Waals surface area (Å²) >= 11 is 1.42. The highest BCUT2D eigenvalue weighted by Gasteiger charge is 2.40. The van der Waals surface area contributed by atoms with Crippen LogP contribution < -0.4 is 5.32 Å². The van der Waals surface area contributed by atoms with Crippen molar-refractivity contribution < 1.29 is 14.4 Å². The second-order valence-electron chi connectivity index (χ2n) is 8.01. The Morgan fingerprint density at radius 3 is 2.53 bits per heavy atom. The maximum absolute atomic E-state index is 13.0. The summed E-state index contributed by atoms with van der Waals surface area (Å²) < 4.78 is 0. The van der Waals surface area contributed by atoms with E-state index in [0.29, 0.717) is 16.3 Å². The zero-order valence-corrected chi connectivity index (χ0v) is 17.9. The van der Waals surface area contributed by atoms with Crippen molar-refractivity contribution in [2.24, 2.45) is 11.8 Å². The fraction of sp³-hybridized carbons (Fsp3) is 0.500. The third-order valence-corrected chi connectivity index (χ3v) is 6.88. The average Bonchev–Trinajstić information content (AvgIpc) is 3.31. The lowest BCUT2D eigenvalue weighted by atomic mass is 9.78. The maximum Gasteiger partial charge on any atom is 0.261 e. The molecular weight excluding hydrogens is 400 g/mol. The number of nitrogens with zero attached hydrogens (tertiary/aromatic N) is 3. The molecule has 0 radical (unpaired) electrons. The third kappa shape index (κ3) is 4.14. The summed E-state index contributed by atoms with van der Waals surface area (Å²) in [4.78, 5) is 39.8. The molecule has 7 nitrogen and oxygen atoms in total. The van der Waals surface area contributed by atoms with Gasteiger partial charge in [0.05, 0.1) is 11.1 Å². The highest BCUT2D eigenvalue weighted by Crippen LogP contribution is 2.34. The minimum atomic E-state index is -0.259. The van der Waals surface area contributed by atoms with E-state index in [1.807, 2.05) is 0 Å². The van der Waals surface area contributed by atoms with Crippen LogP contribution in [0.2, 0.25) is 0 Å². The Hall–Kier alpha value is -2.61. The fourth-order valence-corrected chi connectivity index (χ4v) is 5.13. The number of carbonyl (C=O) groups is 3. The van der Waals surface area contributed by atoms with Gasteiger partial charge in [0.2, 0.25) is 11.0 Å². The molecule has 1 aliphatic heterocycles. The Bertz CT molecular complexity index is 922. The second-order valence-corrected chi connectivity index (χ2v) is 9.07. The van der Waals surface area contributed by atoms with E-state index >= 15 is 0 Å². The molecule has 2 aliphatic rings. The Balaban J connectivity index is 1.43. The number of aromatic nitrogens is 2. The number of hydrogen-bond acceptors (Lipinski definition) is 6. The molecule has 1 saturated carbocycles. The van der Waals surface area contributed by atoms with Crippen LogP contribution in [-0.4, -0.2) is 39.4 Å². The van der Waals surface area contributed by atoms with E-state index in [2.05, 4.69) is 22.4 Å². The molecule has 2 heterocycles. The lowest BCUT2D eigenvalue weighted by molar-refractivity contribution is -0.122. The molecule has 1 N–H and O–H groups in total. The first-order chi connectivity index (χ1) is 14.6. The number of aryl methyl sites for hydroxylation is 1. The van der Waals surface area contributed by atoms with Gasteiger partial charge in [-0.2, -0.15) is 0 Å². The molecule has 4 rings (SSSR count). The maximum atomic E-state index is 13.0. The molecule has 1 aromatic heterocycles. The fourth-order valence-electron chi connectivity index (χ4n) is 4.34. The summed E-state index contributed by atoms with van der Waals surface area (Å²) in [7, 11) is 0. The van der Waals surface area contributed by atoms with Crippen LogP contribution in [0.4, 0.5) is 5.13 Å². The Kier molecular flexibility index (Phi) is 6.22. The van der Waals surface area contributed by atoms with Crippen molar-refractivity contribution in [3.63, 3.8) is 0 Å². The van der Waals surface area contributed by atoms with E-state index in [-0.39, 0.29) is 36.1 Å². The van der Waals surface area contributed by atoms with E-state index in [1.54, 1.807) is 24.3 Å². The molecule has 2 aromatic rings. The smallest absolute Gasteiger partial charge is 0.261 e. The molecule has 1 aromatic carbocycles. The predicted molar refractivity (Wildman–Crippen MR) is 114 cm³/mol. The summed E-state index contributed by atoms with van der Waals surface area (Å²) in [6.45, 7) is 2.41. The lowest BCUT2D eigenvalue weighted by Gasteiger charge is -2.32. The third-order valence-electron chi connectivity index (χ3n) is 5.98. The highest BCUT2D eigenvalue weighted by atomic mass is 32.1. The van der Waals surface area contributed by atoms with Gasteiger partial charge < -0.3 is 5.32 Å². The number of fused-ring (bicyclic) bond motifs is 1. The molecule has 2 unspecified atom stereocenters. The monoisotopic (exact) mass is 426 g/mol. The SMILES string of the molecule is CCCCc1nnc(NC(=O)C2CCCCC2CN2C(=O)c3ccccc3C2=O)s1. The molecule has 0 bridgehead atoms. The summed E-state index contributed by atoms with van der Waals surface area (Å²) in [6.07, 6.45) is 6.54. The largest absolute Gasteiger partial charge is 0.300 e. The van der Waals surface area contributed by atoms with Crippen LogP contribution >= 0.6 is 11.3 Å². The number of nitrogens with one attached hydrogen (secondary N) is 1. The Labute approximate surface area is 179 Å². The van der Waals surface area contributed by atoms with Crippen LogP contribution in [0.5, 0.6) is 0 Å². The molecule has 0 saturated heterocycles. The van der Waals surface area contributed by atoms with Gasteiger partial charge in [-0.25, -0.2) is 0 Å². The molecule has 1 aliphatic carbocycles. The standard InChI is InChI=1S/C22H26N4O3S/c1-2-3-12-18-24-25-22(30-18)23-19(27)15-9-5-4-8-14(15)13-26-20(28)16-10-6-7-11-17(16)21(26)29/h6-7,10-11,14-15H,2-5,8-9,12-13H2,1H3,(H,23,25,27). The highest BCUT2D eigenvalue weighted by molar-refractivity contribution is 7.15. The van der Waals surface area contributed by atoms with Gasteiger partial charge in [0.15, 0.2) is 0 Å². The van der Waals surface area contributed by atoms with Crippen molar-refractivity contribution in [2.75, 3.05) is 11.9 Å². The van der Waals surface area contributed by atoms with Gasteiger partial charge in [0.25, 0.3) is 11.8 Å². The van der Waals surface area contributed by atoms with Gasteiger partial charge in [-0.1, -0.05) is 49.7 Å². The van der Waals surface area contributed by atoms with E-state index in [1.165, 1.54) is 16.2 Å². The van der Waals surface area contributed by atoms with Crippen LogP contribution in [0.1, 0.15) is 71.2 Å². The summed E-state index contributed by atoms with van der Waals surface area (Å²) in [6, 6.07) is 6.90. The molecule has 30 heavy (non-hydrogen) atoms. The van der Waals surface area contributed by atoms with Crippen molar-refractivity contribution in [1.29, 1.82) is 0 Å². The lowest BCUT2D eigenvalue weighted by Crippen LogP contribution is -2.41. The van der Waals surface area contributed by atoms with Crippen molar-refractivity contribution in [3.8, 4) is 0 Å². The first-order valence-electron chi connectivity index (χ1n) is 10.7. The van der Waals surface area contributed by atoms with Crippen molar-refractivity contribution in [2.45, 2.75) is 51.9 Å². The molecule has 3 amide bonds. The topological polar surface area (TPSA) is 92.3 Å². The molecular formula is C22H26N4O3S. The average molecular weight is 427 g/mol. The van der Waals surface area contributed by atoms with E-state index in [0.717, 1.165) is 50.0 Å². The van der Waals surface area contributed by atoms with Crippen molar-refractivity contribution >= 4 is 34.2 Å². The zero-order valence-electron chi connectivity index (χ0n) is 17.1. The minimum Gasteiger partial charge on any atom is -0.300 e. The molecule has 8 heteroatoms. The number of hydrogen-bond donors (Lipinski definition) is 1. The van der Waals surface area contributed by atoms with Gasteiger partial charge in [0, 0.05) is 18.9 Å². The first-order valence-corrected chi connectivity index (χ1v) is 11.5. The number of amides is 3. The van der Waals surface area contributed by atoms with E-state index in [9.17, 15) is 14.4 Å². The summed E-state index contributed by atoms with van der Waals surface area (Å²) in [5.74, 6) is -0.899. The molecule has 1 fully saturated rings. The first kappa shape index (κ1) is 20.7. The molecule has 2 atom stereocenters. The number of imide groups is 1. The number of rotatable bonds is 7. The van der Waals surface area contributed by atoms with Crippen molar-refractivity contribution in [3.05, 3.63) is 40.4 Å². The number of carbonyl (C=O) groups excluding carboxylic acids is 3.